The smallest absolute Gasteiger partial charge is 0.185 e. The molecule has 0 aromatic heterocycles. The van der Waals surface area contributed by atoms with Gasteiger partial charge in [0.25, 0.3) is 0 Å². The van der Waals surface area contributed by atoms with Crippen molar-refractivity contribution in [3.05, 3.63) is 0 Å². The second-order valence-corrected chi connectivity index (χ2v) is 7.11. The van der Waals surface area contributed by atoms with Gasteiger partial charge in [-0.05, 0) is 41.5 Å². The highest BCUT2D eigenvalue weighted by molar-refractivity contribution is 5.08. The Kier molecular flexibility index (Phi) is 7.65. The summed E-state index contributed by atoms with van der Waals surface area (Å²) >= 11 is 0. The first-order valence-electron chi connectivity index (χ1n) is 7.73. The lowest BCUT2D eigenvalue weighted by atomic mass is 10.1. The van der Waals surface area contributed by atoms with Crippen molar-refractivity contribution in [3.63, 3.8) is 0 Å². The summed E-state index contributed by atoms with van der Waals surface area (Å²) in [5.74, 6) is 0. The van der Waals surface area contributed by atoms with E-state index in [-0.39, 0.29) is 13.1 Å². The molecule has 0 aromatic rings. The predicted molar refractivity (Wildman–Crippen MR) is 91.7 cm³/mol. The van der Waals surface area contributed by atoms with Crippen molar-refractivity contribution in [1.82, 2.24) is 0 Å². The zero-order chi connectivity index (χ0) is 20.5. The third-order valence-corrected chi connectivity index (χ3v) is 2.93. The molecular formula is C16H22N10. The molecule has 0 aliphatic heterocycles. The van der Waals surface area contributed by atoms with E-state index in [2.05, 4.69) is 30.7 Å². The van der Waals surface area contributed by atoms with Gasteiger partial charge in [0.2, 0.25) is 0 Å². The van der Waals surface area contributed by atoms with E-state index in [1.54, 1.807) is 27.7 Å². The molecule has 0 spiro atoms. The van der Waals surface area contributed by atoms with Gasteiger partial charge < -0.3 is 0 Å². The van der Waals surface area contributed by atoms with Crippen LogP contribution in [0.5, 0.6) is 0 Å². The summed E-state index contributed by atoms with van der Waals surface area (Å²) in [5, 5.41) is 59.6. The number of hydrogen-bond donors (Lipinski definition) is 0. The fourth-order valence-corrected chi connectivity index (χ4v) is 1.07. The largest absolute Gasteiger partial charge is 0.196 e. The van der Waals surface area contributed by atoms with Crippen LogP contribution in [0.4, 0.5) is 0 Å². The zero-order valence-corrected chi connectivity index (χ0v) is 15.9. The number of rotatable bonds is 8. The minimum absolute atomic E-state index is 0.0865. The zero-order valence-electron chi connectivity index (χ0n) is 15.9. The third-order valence-electron chi connectivity index (χ3n) is 2.93. The van der Waals surface area contributed by atoms with Crippen molar-refractivity contribution in [2.75, 3.05) is 13.1 Å². The standard InChI is InChI=1S/C16H22N10/c1-13(2,7-17)23-25-15(5,9-19)11-21-22-12-16(6,10-20)26-24-14(3,4)8-18/h11-12H2,1-6H3. The molecule has 0 amide bonds. The fraction of sp³-hybridized carbons (Fsp3) is 0.750. The number of azo groups is 3. The Morgan fingerprint density at radius 1 is 0.538 bits per heavy atom. The minimum Gasteiger partial charge on any atom is -0.196 e. The van der Waals surface area contributed by atoms with Crippen LogP contribution in [0.2, 0.25) is 0 Å². The molecule has 0 N–H and O–H groups in total. The molecule has 0 saturated carbocycles. The molecule has 0 rings (SSSR count). The molecule has 136 valence electrons. The highest BCUT2D eigenvalue weighted by Gasteiger charge is 2.28. The van der Waals surface area contributed by atoms with Gasteiger partial charge in [-0.1, -0.05) is 0 Å². The van der Waals surface area contributed by atoms with Gasteiger partial charge in [-0.15, -0.1) is 0 Å². The Hall–Kier alpha value is -3.24. The maximum atomic E-state index is 9.26. The molecule has 0 aliphatic rings. The van der Waals surface area contributed by atoms with Crippen molar-refractivity contribution < 1.29 is 0 Å². The van der Waals surface area contributed by atoms with Gasteiger partial charge in [-0.3, -0.25) is 0 Å². The SMILES string of the molecule is CC(C)(C#N)N=NC(C)(C#N)CN=NCC(C)(C#N)N=NC(C)(C)C#N. The monoisotopic (exact) mass is 354 g/mol. The lowest BCUT2D eigenvalue weighted by Crippen LogP contribution is -2.26. The quantitative estimate of drug-likeness (QED) is 0.607. The molecule has 0 heterocycles. The van der Waals surface area contributed by atoms with Crippen LogP contribution in [-0.4, -0.2) is 35.2 Å². The second kappa shape index (κ2) is 8.74. The van der Waals surface area contributed by atoms with Crippen LogP contribution < -0.4 is 0 Å². The maximum Gasteiger partial charge on any atom is 0.185 e. The molecular weight excluding hydrogens is 332 g/mol. The summed E-state index contributed by atoms with van der Waals surface area (Å²) in [6, 6.07) is 7.86. The molecule has 0 saturated heterocycles. The number of hydrogen-bond acceptors (Lipinski definition) is 10. The van der Waals surface area contributed by atoms with Gasteiger partial charge in [0.1, 0.15) is 13.1 Å². The highest BCUT2D eigenvalue weighted by Crippen LogP contribution is 2.18. The van der Waals surface area contributed by atoms with Crippen molar-refractivity contribution in [2.24, 2.45) is 30.7 Å². The van der Waals surface area contributed by atoms with Gasteiger partial charge in [0.05, 0.1) is 24.3 Å². The Balaban J connectivity index is 5.07. The van der Waals surface area contributed by atoms with Crippen LogP contribution in [-0.2, 0) is 0 Å². The first-order valence-corrected chi connectivity index (χ1v) is 7.73. The highest BCUT2D eigenvalue weighted by atomic mass is 15.2. The first kappa shape index (κ1) is 22.8. The van der Waals surface area contributed by atoms with E-state index >= 15 is 0 Å². The normalized spacial score (nSPS) is 17.2. The van der Waals surface area contributed by atoms with Gasteiger partial charge in [-0.2, -0.15) is 51.7 Å². The molecule has 0 fully saturated rings. The third kappa shape index (κ3) is 8.04. The van der Waals surface area contributed by atoms with Crippen LogP contribution in [0, 0.1) is 45.3 Å². The van der Waals surface area contributed by atoms with Crippen LogP contribution in [0.25, 0.3) is 0 Å². The Morgan fingerprint density at radius 2 is 0.846 bits per heavy atom. The average Bonchev–Trinajstić information content (AvgIpc) is 2.62. The lowest BCUT2D eigenvalue weighted by Gasteiger charge is -2.15. The molecule has 10 nitrogen and oxygen atoms in total. The van der Waals surface area contributed by atoms with E-state index < -0.39 is 22.2 Å². The van der Waals surface area contributed by atoms with Gasteiger partial charge >= 0.3 is 0 Å². The van der Waals surface area contributed by atoms with E-state index in [1.165, 1.54) is 13.8 Å². The van der Waals surface area contributed by atoms with Crippen molar-refractivity contribution in [2.45, 2.75) is 63.7 Å². The van der Waals surface area contributed by atoms with E-state index in [9.17, 15) is 10.5 Å². The van der Waals surface area contributed by atoms with Crippen LogP contribution in [0.3, 0.4) is 0 Å². The van der Waals surface area contributed by atoms with Crippen molar-refractivity contribution >= 4 is 0 Å². The summed E-state index contributed by atoms with van der Waals surface area (Å²) in [6.45, 7) is 9.14. The predicted octanol–water partition coefficient (Wildman–Crippen LogP) is 3.51. The molecule has 10 heteroatoms. The Labute approximate surface area is 153 Å². The summed E-state index contributed by atoms with van der Waals surface area (Å²) in [6.07, 6.45) is 0. The molecule has 0 aromatic carbocycles. The average molecular weight is 354 g/mol. The topological polar surface area (TPSA) is 169 Å². The van der Waals surface area contributed by atoms with Crippen LogP contribution in [0.15, 0.2) is 30.7 Å². The Morgan fingerprint density at radius 3 is 1.08 bits per heavy atom. The minimum atomic E-state index is -1.27. The molecule has 0 radical (unpaired) electrons. The number of nitrogens with zero attached hydrogens (tertiary/aromatic N) is 10. The van der Waals surface area contributed by atoms with E-state index in [0.29, 0.717) is 0 Å². The Bertz CT molecular complexity index is 686. The first-order chi connectivity index (χ1) is 11.9. The van der Waals surface area contributed by atoms with E-state index in [0.717, 1.165) is 0 Å². The molecule has 2 atom stereocenters. The van der Waals surface area contributed by atoms with Crippen molar-refractivity contribution in [1.29, 1.82) is 21.0 Å². The summed E-state index contributed by atoms with van der Waals surface area (Å²) < 4.78 is 0. The van der Waals surface area contributed by atoms with Crippen molar-refractivity contribution in [3.8, 4) is 24.3 Å². The van der Waals surface area contributed by atoms with Gasteiger partial charge in [-0.25, -0.2) is 0 Å². The van der Waals surface area contributed by atoms with Crippen LogP contribution in [0.1, 0.15) is 41.5 Å². The summed E-state index contributed by atoms with van der Waals surface area (Å²) in [4.78, 5) is 0. The second-order valence-electron chi connectivity index (χ2n) is 7.11. The fourth-order valence-electron chi connectivity index (χ4n) is 1.07. The van der Waals surface area contributed by atoms with E-state index in [1.807, 2.05) is 24.3 Å². The summed E-state index contributed by atoms with van der Waals surface area (Å²) in [7, 11) is 0. The van der Waals surface area contributed by atoms with Gasteiger partial charge in [0.15, 0.2) is 22.2 Å². The van der Waals surface area contributed by atoms with E-state index in [4.69, 9.17) is 10.5 Å². The van der Waals surface area contributed by atoms with Crippen LogP contribution >= 0.6 is 0 Å². The maximum absolute atomic E-state index is 9.26. The lowest BCUT2D eigenvalue weighted by molar-refractivity contribution is 0.491. The van der Waals surface area contributed by atoms with Gasteiger partial charge in [0, 0.05) is 0 Å². The molecule has 26 heavy (non-hydrogen) atoms. The number of nitriles is 4. The summed E-state index contributed by atoms with van der Waals surface area (Å²) in [5.41, 5.74) is -4.62. The molecule has 2 unspecified atom stereocenters. The molecule has 0 aliphatic carbocycles. The molecule has 0 bridgehead atoms.